The first kappa shape index (κ1) is 14.0. The summed E-state index contributed by atoms with van der Waals surface area (Å²) < 4.78 is 5.41. The normalized spacial score (nSPS) is 15.2. The standard InChI is InChI=1S/C17H21N3O/c1-13-10-14(4-5-19-13)17-3-2-16(11-15(17)12-18)20-6-8-21-9-7-20/h2-5,10-11H,6-9,12,18H2,1H3. The van der Waals surface area contributed by atoms with E-state index >= 15 is 0 Å². The van der Waals surface area contributed by atoms with Crippen LogP contribution in [0, 0.1) is 6.92 Å². The fraction of sp³-hybridized carbons (Fsp3) is 0.353. The molecule has 1 saturated heterocycles. The molecule has 2 N–H and O–H groups in total. The van der Waals surface area contributed by atoms with Crippen molar-refractivity contribution < 1.29 is 4.74 Å². The first-order chi connectivity index (χ1) is 10.3. The van der Waals surface area contributed by atoms with Crippen LogP contribution in [-0.4, -0.2) is 31.3 Å². The lowest BCUT2D eigenvalue weighted by atomic mass is 9.99. The molecule has 3 rings (SSSR count). The van der Waals surface area contributed by atoms with Gasteiger partial charge in [0.2, 0.25) is 0 Å². The highest BCUT2D eigenvalue weighted by molar-refractivity contribution is 5.70. The third-order valence-electron chi connectivity index (χ3n) is 3.89. The number of ether oxygens (including phenoxy) is 1. The quantitative estimate of drug-likeness (QED) is 0.939. The number of morpholine rings is 1. The highest BCUT2D eigenvalue weighted by atomic mass is 16.5. The minimum absolute atomic E-state index is 0.537. The molecule has 0 spiro atoms. The fourth-order valence-corrected chi connectivity index (χ4v) is 2.76. The van der Waals surface area contributed by atoms with Gasteiger partial charge in [0.05, 0.1) is 13.2 Å². The predicted octanol–water partition coefficient (Wildman–Crippen LogP) is 2.35. The molecule has 0 aliphatic carbocycles. The number of nitrogens with zero attached hydrogens (tertiary/aromatic N) is 2. The van der Waals surface area contributed by atoms with Crippen LogP contribution in [-0.2, 0) is 11.3 Å². The molecule has 4 heteroatoms. The number of hydrogen-bond donors (Lipinski definition) is 1. The van der Waals surface area contributed by atoms with E-state index in [1.807, 2.05) is 19.2 Å². The molecule has 0 saturated carbocycles. The highest BCUT2D eigenvalue weighted by Gasteiger charge is 2.13. The van der Waals surface area contributed by atoms with Crippen molar-refractivity contribution in [1.82, 2.24) is 4.98 Å². The van der Waals surface area contributed by atoms with Crippen molar-refractivity contribution in [3.05, 3.63) is 47.8 Å². The van der Waals surface area contributed by atoms with E-state index in [1.54, 1.807) is 0 Å². The number of hydrogen-bond acceptors (Lipinski definition) is 4. The zero-order valence-electron chi connectivity index (χ0n) is 12.4. The Bertz CT molecular complexity index is 621. The fourth-order valence-electron chi connectivity index (χ4n) is 2.76. The Hall–Kier alpha value is -1.91. The van der Waals surface area contributed by atoms with Gasteiger partial charge in [0.25, 0.3) is 0 Å². The molecule has 1 fully saturated rings. The molecule has 4 nitrogen and oxygen atoms in total. The summed E-state index contributed by atoms with van der Waals surface area (Å²) in [6.45, 7) is 6.02. The van der Waals surface area contributed by atoms with E-state index in [1.165, 1.54) is 22.4 Å². The molecule has 1 aliphatic heterocycles. The first-order valence-corrected chi connectivity index (χ1v) is 7.36. The number of benzene rings is 1. The van der Waals surface area contributed by atoms with Crippen LogP contribution in [0.3, 0.4) is 0 Å². The Balaban J connectivity index is 1.95. The Morgan fingerprint density at radius 1 is 1.19 bits per heavy atom. The molecule has 1 aromatic carbocycles. The maximum atomic E-state index is 5.97. The molecule has 1 aromatic heterocycles. The second-order valence-corrected chi connectivity index (χ2v) is 5.33. The molecule has 0 atom stereocenters. The van der Waals surface area contributed by atoms with Gasteiger partial charge in [0, 0.05) is 37.2 Å². The summed E-state index contributed by atoms with van der Waals surface area (Å²) in [4.78, 5) is 6.61. The Morgan fingerprint density at radius 3 is 2.71 bits per heavy atom. The lowest BCUT2D eigenvalue weighted by molar-refractivity contribution is 0.122. The third kappa shape index (κ3) is 3.06. The monoisotopic (exact) mass is 283 g/mol. The van der Waals surface area contributed by atoms with Crippen molar-refractivity contribution in [2.45, 2.75) is 13.5 Å². The van der Waals surface area contributed by atoms with Gasteiger partial charge >= 0.3 is 0 Å². The van der Waals surface area contributed by atoms with Gasteiger partial charge in [0.15, 0.2) is 0 Å². The maximum absolute atomic E-state index is 5.97. The van der Waals surface area contributed by atoms with Crippen molar-refractivity contribution in [3.8, 4) is 11.1 Å². The van der Waals surface area contributed by atoms with E-state index in [0.717, 1.165) is 32.0 Å². The van der Waals surface area contributed by atoms with Gasteiger partial charge < -0.3 is 15.4 Å². The lowest BCUT2D eigenvalue weighted by Gasteiger charge is -2.29. The summed E-state index contributed by atoms with van der Waals surface area (Å²) in [5.74, 6) is 0. The van der Waals surface area contributed by atoms with Crippen LogP contribution in [0.25, 0.3) is 11.1 Å². The molecule has 21 heavy (non-hydrogen) atoms. The molecule has 2 aromatic rings. The van der Waals surface area contributed by atoms with E-state index in [9.17, 15) is 0 Å². The van der Waals surface area contributed by atoms with Crippen molar-refractivity contribution in [2.75, 3.05) is 31.2 Å². The van der Waals surface area contributed by atoms with Crippen molar-refractivity contribution >= 4 is 5.69 Å². The molecular formula is C17H21N3O. The van der Waals surface area contributed by atoms with Crippen LogP contribution in [0.5, 0.6) is 0 Å². The second kappa shape index (κ2) is 6.24. The molecular weight excluding hydrogens is 262 g/mol. The molecule has 0 bridgehead atoms. The second-order valence-electron chi connectivity index (χ2n) is 5.33. The Morgan fingerprint density at radius 2 is 2.00 bits per heavy atom. The zero-order chi connectivity index (χ0) is 14.7. The highest BCUT2D eigenvalue weighted by Crippen LogP contribution is 2.28. The van der Waals surface area contributed by atoms with Crippen LogP contribution >= 0.6 is 0 Å². The van der Waals surface area contributed by atoms with Crippen LogP contribution in [0.15, 0.2) is 36.5 Å². The summed E-state index contributed by atoms with van der Waals surface area (Å²) in [6.07, 6.45) is 1.85. The minimum Gasteiger partial charge on any atom is -0.378 e. The van der Waals surface area contributed by atoms with Crippen molar-refractivity contribution in [3.63, 3.8) is 0 Å². The number of nitrogens with two attached hydrogens (primary N) is 1. The van der Waals surface area contributed by atoms with Gasteiger partial charge in [0.1, 0.15) is 0 Å². The van der Waals surface area contributed by atoms with E-state index < -0.39 is 0 Å². The summed E-state index contributed by atoms with van der Waals surface area (Å²) in [6, 6.07) is 10.7. The molecule has 0 radical (unpaired) electrons. The summed E-state index contributed by atoms with van der Waals surface area (Å²) >= 11 is 0. The average Bonchev–Trinajstić information content (AvgIpc) is 2.55. The summed E-state index contributed by atoms with van der Waals surface area (Å²) in [5, 5.41) is 0. The SMILES string of the molecule is Cc1cc(-c2ccc(N3CCOCC3)cc2CN)ccn1. The summed E-state index contributed by atoms with van der Waals surface area (Å²) in [5.41, 5.74) is 11.8. The largest absolute Gasteiger partial charge is 0.378 e. The molecule has 2 heterocycles. The summed E-state index contributed by atoms with van der Waals surface area (Å²) in [7, 11) is 0. The molecule has 0 unspecified atom stereocenters. The Labute approximate surface area is 125 Å². The minimum atomic E-state index is 0.537. The molecule has 1 aliphatic rings. The zero-order valence-corrected chi connectivity index (χ0v) is 12.4. The number of anilines is 1. The van der Waals surface area contributed by atoms with Crippen molar-refractivity contribution in [2.24, 2.45) is 5.73 Å². The number of rotatable bonds is 3. The third-order valence-corrected chi connectivity index (χ3v) is 3.89. The first-order valence-electron chi connectivity index (χ1n) is 7.36. The molecule has 0 amide bonds. The smallest absolute Gasteiger partial charge is 0.0642 e. The maximum Gasteiger partial charge on any atom is 0.0642 e. The van der Waals surface area contributed by atoms with E-state index in [2.05, 4.69) is 34.1 Å². The Kier molecular flexibility index (Phi) is 4.18. The average molecular weight is 283 g/mol. The van der Waals surface area contributed by atoms with Gasteiger partial charge in [-0.15, -0.1) is 0 Å². The number of aryl methyl sites for hydroxylation is 1. The van der Waals surface area contributed by atoms with Crippen LogP contribution < -0.4 is 10.6 Å². The van der Waals surface area contributed by atoms with E-state index in [-0.39, 0.29) is 0 Å². The van der Waals surface area contributed by atoms with Gasteiger partial charge in [-0.3, -0.25) is 4.98 Å². The van der Waals surface area contributed by atoms with E-state index in [4.69, 9.17) is 10.5 Å². The van der Waals surface area contributed by atoms with Gasteiger partial charge in [-0.2, -0.15) is 0 Å². The molecule has 110 valence electrons. The van der Waals surface area contributed by atoms with Crippen molar-refractivity contribution in [1.29, 1.82) is 0 Å². The van der Waals surface area contributed by atoms with E-state index in [0.29, 0.717) is 6.54 Å². The predicted molar refractivity (Wildman–Crippen MR) is 85.3 cm³/mol. The van der Waals surface area contributed by atoms with Crippen LogP contribution in [0.4, 0.5) is 5.69 Å². The van der Waals surface area contributed by atoms with Crippen LogP contribution in [0.1, 0.15) is 11.3 Å². The van der Waals surface area contributed by atoms with Gasteiger partial charge in [-0.05, 0) is 47.9 Å². The van der Waals surface area contributed by atoms with Gasteiger partial charge in [-0.25, -0.2) is 0 Å². The topological polar surface area (TPSA) is 51.4 Å². The van der Waals surface area contributed by atoms with Gasteiger partial charge in [-0.1, -0.05) is 6.07 Å². The van der Waals surface area contributed by atoms with Crippen LogP contribution in [0.2, 0.25) is 0 Å². The number of pyridine rings is 1. The number of aromatic nitrogens is 1. The lowest BCUT2D eigenvalue weighted by Crippen LogP contribution is -2.36.